The molecule has 0 aliphatic carbocycles. The molecule has 1 unspecified atom stereocenters. The van der Waals surface area contributed by atoms with Crippen LogP contribution in [0.25, 0.3) is 11.1 Å². The second-order valence-electron chi connectivity index (χ2n) is 8.39. The molecule has 2 N–H and O–H groups in total. The summed E-state index contributed by atoms with van der Waals surface area (Å²) in [5.74, 6) is -0.0156. The first-order valence-electron chi connectivity index (χ1n) is 11.3. The van der Waals surface area contributed by atoms with Crippen molar-refractivity contribution in [2.45, 2.75) is 38.8 Å². The molecule has 0 radical (unpaired) electrons. The van der Waals surface area contributed by atoms with Crippen LogP contribution in [0.15, 0.2) is 48.9 Å². The lowest BCUT2D eigenvalue weighted by Crippen LogP contribution is -2.38. The minimum atomic E-state index is -0.664. The Hall–Kier alpha value is -3.10. The number of aromatic nitrogens is 3. The fourth-order valence-electron chi connectivity index (χ4n) is 4.16. The van der Waals surface area contributed by atoms with E-state index in [1.54, 1.807) is 37.5 Å². The maximum absolute atomic E-state index is 14.0. The third-order valence-electron chi connectivity index (χ3n) is 6.07. The van der Waals surface area contributed by atoms with E-state index in [0.717, 1.165) is 24.0 Å². The maximum atomic E-state index is 14.0. The van der Waals surface area contributed by atoms with Crippen LogP contribution in [-0.4, -0.2) is 38.7 Å². The number of benzene rings is 1. The first-order valence-corrected chi connectivity index (χ1v) is 12.1. The van der Waals surface area contributed by atoms with E-state index in [9.17, 15) is 9.18 Å². The van der Waals surface area contributed by atoms with E-state index in [1.807, 2.05) is 22.7 Å². The highest BCUT2D eigenvalue weighted by Crippen LogP contribution is 2.37. The molecular weight excluding hydrogens is 492 g/mol. The van der Waals surface area contributed by atoms with Crippen LogP contribution in [0.1, 0.15) is 44.4 Å². The molecular formula is C25H26Cl2FN5O2. The Morgan fingerprint density at radius 2 is 2.00 bits per heavy atom. The van der Waals surface area contributed by atoms with Crippen LogP contribution in [0.4, 0.5) is 10.2 Å². The summed E-state index contributed by atoms with van der Waals surface area (Å²) >= 11 is 12.4. The predicted molar refractivity (Wildman–Crippen MR) is 135 cm³/mol. The number of allylic oxidation sites excluding steroid dienone is 1. The van der Waals surface area contributed by atoms with Crippen molar-refractivity contribution in [3.63, 3.8) is 0 Å². The largest absolute Gasteiger partial charge is 0.482 e. The fourth-order valence-corrected chi connectivity index (χ4v) is 4.84. The van der Waals surface area contributed by atoms with E-state index in [4.69, 9.17) is 33.7 Å². The van der Waals surface area contributed by atoms with Crippen molar-refractivity contribution in [1.29, 1.82) is 0 Å². The molecule has 1 saturated heterocycles. The van der Waals surface area contributed by atoms with E-state index < -0.39 is 11.9 Å². The minimum Gasteiger partial charge on any atom is -0.482 e. The number of likely N-dealkylation sites (tertiary alicyclic amines) is 1. The molecule has 35 heavy (non-hydrogen) atoms. The molecule has 7 nitrogen and oxygen atoms in total. The molecule has 0 saturated carbocycles. The number of hydrogen-bond donors (Lipinski definition) is 1. The zero-order valence-corrected chi connectivity index (χ0v) is 20.9. The lowest BCUT2D eigenvalue weighted by molar-refractivity contribution is -0.127. The van der Waals surface area contributed by atoms with Gasteiger partial charge in [-0.15, -0.1) is 0 Å². The number of rotatable bonds is 6. The number of pyridine rings is 1. The molecule has 10 heteroatoms. The topological polar surface area (TPSA) is 86.3 Å². The van der Waals surface area contributed by atoms with Gasteiger partial charge in [0.05, 0.1) is 17.3 Å². The van der Waals surface area contributed by atoms with Crippen LogP contribution in [-0.2, 0) is 4.79 Å². The number of piperidine rings is 1. The molecule has 1 amide bonds. The summed E-state index contributed by atoms with van der Waals surface area (Å²) in [6, 6.07) is 4.61. The monoisotopic (exact) mass is 517 g/mol. The van der Waals surface area contributed by atoms with Crippen molar-refractivity contribution < 1.29 is 13.9 Å². The smallest absolute Gasteiger partial charge is 0.246 e. The predicted octanol–water partition coefficient (Wildman–Crippen LogP) is 5.85. The van der Waals surface area contributed by atoms with Crippen LogP contribution >= 0.6 is 23.2 Å². The first-order chi connectivity index (χ1) is 16.8. The number of nitrogens with zero attached hydrogens (tertiary/aromatic N) is 4. The summed E-state index contributed by atoms with van der Waals surface area (Å²) in [6.07, 6.45) is 9.70. The lowest BCUT2D eigenvalue weighted by Gasteiger charge is -2.31. The molecule has 1 atom stereocenters. The Morgan fingerprint density at radius 3 is 2.71 bits per heavy atom. The van der Waals surface area contributed by atoms with Gasteiger partial charge in [-0.1, -0.05) is 29.3 Å². The summed E-state index contributed by atoms with van der Waals surface area (Å²) in [4.78, 5) is 18.2. The van der Waals surface area contributed by atoms with Gasteiger partial charge in [-0.3, -0.25) is 9.48 Å². The van der Waals surface area contributed by atoms with Crippen molar-refractivity contribution in [3.05, 3.63) is 70.4 Å². The molecule has 0 spiro atoms. The summed E-state index contributed by atoms with van der Waals surface area (Å²) in [7, 11) is 0. The van der Waals surface area contributed by atoms with E-state index >= 15 is 0 Å². The highest BCUT2D eigenvalue weighted by Gasteiger charge is 2.24. The Kier molecular flexibility index (Phi) is 7.62. The Balaban J connectivity index is 1.49. The van der Waals surface area contributed by atoms with Gasteiger partial charge in [-0.25, -0.2) is 9.37 Å². The third kappa shape index (κ3) is 5.44. The molecule has 4 rings (SSSR count). The average Bonchev–Trinajstić information content (AvgIpc) is 3.34. The van der Waals surface area contributed by atoms with Gasteiger partial charge in [-0.05, 0) is 51.0 Å². The highest BCUT2D eigenvalue weighted by molar-refractivity contribution is 6.36. The Bertz CT molecular complexity index is 1250. The number of amides is 1. The molecule has 2 aromatic heterocycles. The van der Waals surface area contributed by atoms with E-state index in [0.29, 0.717) is 29.4 Å². The van der Waals surface area contributed by atoms with Crippen molar-refractivity contribution in [2.24, 2.45) is 0 Å². The summed E-state index contributed by atoms with van der Waals surface area (Å²) < 4.78 is 21.9. The second-order valence-corrected chi connectivity index (χ2v) is 9.17. The summed E-state index contributed by atoms with van der Waals surface area (Å²) in [5, 5.41) is 4.75. The van der Waals surface area contributed by atoms with Crippen molar-refractivity contribution in [1.82, 2.24) is 19.7 Å². The molecule has 1 fully saturated rings. The van der Waals surface area contributed by atoms with Crippen molar-refractivity contribution in [3.8, 4) is 16.9 Å². The van der Waals surface area contributed by atoms with Crippen LogP contribution in [0.2, 0.25) is 10.0 Å². The number of nitrogen functional groups attached to an aromatic ring is 1. The number of anilines is 1. The number of carbonyl (C=O) groups excluding carboxylic acids is 1. The molecule has 184 valence electrons. The first kappa shape index (κ1) is 25.0. The standard InChI is InChI=1S/C25H26Cl2FN5O2/c1-3-4-22(34)32-9-7-18(8-10-32)33-14-17(13-31-33)16-11-21(25(29)30-12-16)35-15(2)23-19(26)5-6-20(28)24(23)27/h3-6,11-15,18H,7-10H2,1-2H3,(H2,29,30)/b4-3+. The molecule has 1 aromatic carbocycles. The number of hydrogen-bond acceptors (Lipinski definition) is 5. The normalized spacial score (nSPS) is 15.5. The van der Waals surface area contributed by atoms with Gasteiger partial charge in [0.25, 0.3) is 0 Å². The molecule has 1 aliphatic heterocycles. The Morgan fingerprint density at radius 1 is 1.26 bits per heavy atom. The lowest BCUT2D eigenvalue weighted by atomic mass is 10.0. The van der Waals surface area contributed by atoms with Crippen LogP contribution < -0.4 is 10.5 Å². The second kappa shape index (κ2) is 10.7. The molecule has 1 aliphatic rings. The van der Waals surface area contributed by atoms with Crippen molar-refractivity contribution in [2.75, 3.05) is 18.8 Å². The van der Waals surface area contributed by atoms with Gasteiger partial charge >= 0.3 is 0 Å². The quantitative estimate of drug-likeness (QED) is 0.327. The highest BCUT2D eigenvalue weighted by atomic mass is 35.5. The zero-order chi connectivity index (χ0) is 25.1. The summed E-state index contributed by atoms with van der Waals surface area (Å²) in [6.45, 7) is 4.93. The van der Waals surface area contributed by atoms with Gasteiger partial charge < -0.3 is 15.4 Å². The number of carbonyl (C=O) groups is 1. The van der Waals surface area contributed by atoms with E-state index in [2.05, 4.69) is 10.1 Å². The molecule has 3 heterocycles. The molecule has 3 aromatic rings. The minimum absolute atomic E-state index is 0.0441. The van der Waals surface area contributed by atoms with E-state index in [-0.39, 0.29) is 22.8 Å². The van der Waals surface area contributed by atoms with Crippen molar-refractivity contribution >= 4 is 34.9 Å². The van der Waals surface area contributed by atoms with Gasteiger partial charge in [-0.2, -0.15) is 5.10 Å². The zero-order valence-electron chi connectivity index (χ0n) is 19.4. The summed E-state index contributed by atoms with van der Waals surface area (Å²) in [5.41, 5.74) is 8.00. The third-order valence-corrected chi connectivity index (χ3v) is 6.78. The fraction of sp³-hybridized carbons (Fsp3) is 0.320. The number of halogens is 3. The Labute approximate surface area is 213 Å². The van der Waals surface area contributed by atoms with E-state index in [1.165, 1.54) is 12.1 Å². The van der Waals surface area contributed by atoms with Gasteiger partial charge in [0.15, 0.2) is 11.6 Å². The SMILES string of the molecule is C/C=C/C(=O)N1CCC(n2cc(-c3cnc(N)c(OC(C)c4c(Cl)ccc(F)c4Cl)c3)cn2)CC1. The average molecular weight is 518 g/mol. The van der Waals surface area contributed by atoms with Gasteiger partial charge in [0.2, 0.25) is 5.91 Å². The van der Waals surface area contributed by atoms with Crippen LogP contribution in [0.3, 0.4) is 0 Å². The number of ether oxygens (including phenoxy) is 1. The van der Waals surface area contributed by atoms with Gasteiger partial charge in [0.1, 0.15) is 11.9 Å². The van der Waals surface area contributed by atoms with Gasteiger partial charge in [0, 0.05) is 47.2 Å². The molecule has 0 bridgehead atoms. The van der Waals surface area contributed by atoms with Crippen LogP contribution in [0, 0.1) is 5.82 Å². The van der Waals surface area contributed by atoms with Crippen LogP contribution in [0.5, 0.6) is 5.75 Å². The number of nitrogens with two attached hydrogens (primary N) is 1. The maximum Gasteiger partial charge on any atom is 0.246 e.